The van der Waals surface area contributed by atoms with Crippen LogP contribution >= 0.6 is 11.3 Å². The molecule has 1 aliphatic rings. The fraction of sp³-hybridized carbons (Fsp3) is 0.316. The third-order valence-corrected chi connectivity index (χ3v) is 5.33. The van der Waals surface area contributed by atoms with Gasteiger partial charge in [-0.05, 0) is 41.6 Å². The maximum atomic E-state index is 12.9. The lowest BCUT2D eigenvalue weighted by atomic mass is 10.1. The number of esters is 1. The Morgan fingerprint density at radius 2 is 2.12 bits per heavy atom. The maximum Gasteiger partial charge on any atom is 0.337 e. The average Bonchev–Trinajstić information content (AvgIpc) is 3.29. The first-order valence-electron chi connectivity index (χ1n) is 8.31. The number of nitrogens with zero attached hydrogens (tertiary/aromatic N) is 1. The SMILES string of the molecule is COC(=O)c1ccc2c(c1)CCN2C(=O)CC(NC(C)=O)c1cccs1. The summed E-state index contributed by atoms with van der Waals surface area (Å²) in [5, 5.41) is 4.78. The molecule has 1 aliphatic heterocycles. The van der Waals surface area contributed by atoms with Crippen LogP contribution in [-0.4, -0.2) is 31.4 Å². The van der Waals surface area contributed by atoms with Gasteiger partial charge in [0, 0.05) is 24.0 Å². The first-order valence-corrected chi connectivity index (χ1v) is 9.19. The van der Waals surface area contributed by atoms with Crippen molar-refractivity contribution in [3.63, 3.8) is 0 Å². The van der Waals surface area contributed by atoms with Gasteiger partial charge in [-0.15, -0.1) is 11.3 Å². The topological polar surface area (TPSA) is 75.7 Å². The molecule has 2 aromatic rings. The van der Waals surface area contributed by atoms with Gasteiger partial charge in [0.2, 0.25) is 11.8 Å². The number of hydrogen-bond acceptors (Lipinski definition) is 5. The van der Waals surface area contributed by atoms with Crippen molar-refractivity contribution in [3.8, 4) is 0 Å². The number of thiophene rings is 1. The van der Waals surface area contributed by atoms with Crippen molar-refractivity contribution in [2.45, 2.75) is 25.8 Å². The van der Waals surface area contributed by atoms with E-state index in [1.54, 1.807) is 23.1 Å². The van der Waals surface area contributed by atoms with Crippen molar-refractivity contribution >= 4 is 34.8 Å². The highest BCUT2D eigenvalue weighted by atomic mass is 32.1. The lowest BCUT2D eigenvalue weighted by molar-refractivity contribution is -0.121. The number of fused-ring (bicyclic) bond motifs is 1. The van der Waals surface area contributed by atoms with Crippen LogP contribution in [0.3, 0.4) is 0 Å². The average molecular weight is 372 g/mol. The van der Waals surface area contributed by atoms with Gasteiger partial charge < -0.3 is 15.0 Å². The maximum absolute atomic E-state index is 12.9. The van der Waals surface area contributed by atoms with E-state index in [2.05, 4.69) is 5.32 Å². The Morgan fingerprint density at radius 3 is 2.77 bits per heavy atom. The summed E-state index contributed by atoms with van der Waals surface area (Å²) in [6.45, 7) is 2.01. The van der Waals surface area contributed by atoms with Crippen LogP contribution in [0.1, 0.15) is 40.2 Å². The number of amides is 2. The van der Waals surface area contributed by atoms with E-state index in [4.69, 9.17) is 4.74 Å². The van der Waals surface area contributed by atoms with Crippen LogP contribution in [0, 0.1) is 0 Å². The first-order chi connectivity index (χ1) is 12.5. The van der Waals surface area contributed by atoms with Crippen molar-refractivity contribution < 1.29 is 19.1 Å². The van der Waals surface area contributed by atoms with Gasteiger partial charge >= 0.3 is 5.97 Å². The molecule has 1 aromatic heterocycles. The van der Waals surface area contributed by atoms with Crippen LogP contribution in [0.15, 0.2) is 35.7 Å². The number of anilines is 1. The van der Waals surface area contributed by atoms with E-state index in [1.807, 2.05) is 17.5 Å². The molecular weight excluding hydrogens is 352 g/mol. The van der Waals surface area contributed by atoms with Crippen molar-refractivity contribution in [1.82, 2.24) is 5.32 Å². The minimum absolute atomic E-state index is 0.0540. The quantitative estimate of drug-likeness (QED) is 0.819. The minimum atomic E-state index is -0.388. The van der Waals surface area contributed by atoms with Crippen LogP contribution in [0.25, 0.3) is 0 Å². The summed E-state index contributed by atoms with van der Waals surface area (Å²) >= 11 is 1.51. The molecule has 1 unspecified atom stereocenters. The van der Waals surface area contributed by atoms with Gasteiger partial charge in [-0.1, -0.05) is 6.07 Å². The molecule has 2 amide bonds. The number of carbonyl (C=O) groups is 3. The molecule has 0 saturated carbocycles. The van der Waals surface area contributed by atoms with Gasteiger partial charge in [-0.2, -0.15) is 0 Å². The van der Waals surface area contributed by atoms with Gasteiger partial charge in [0.05, 0.1) is 25.1 Å². The Morgan fingerprint density at radius 1 is 1.31 bits per heavy atom. The molecule has 0 bridgehead atoms. The normalized spacial score (nSPS) is 13.8. The molecule has 1 aromatic carbocycles. The number of ether oxygens (including phenoxy) is 1. The van der Waals surface area contributed by atoms with E-state index < -0.39 is 0 Å². The minimum Gasteiger partial charge on any atom is -0.465 e. The molecular formula is C19H20N2O4S. The third kappa shape index (κ3) is 3.77. The third-order valence-electron chi connectivity index (χ3n) is 4.34. The van der Waals surface area contributed by atoms with Crippen LogP contribution in [0.4, 0.5) is 5.69 Å². The molecule has 2 heterocycles. The molecule has 136 valence electrons. The van der Waals surface area contributed by atoms with E-state index in [-0.39, 0.29) is 30.2 Å². The molecule has 26 heavy (non-hydrogen) atoms. The van der Waals surface area contributed by atoms with E-state index in [0.29, 0.717) is 18.5 Å². The first kappa shape index (κ1) is 18.1. The van der Waals surface area contributed by atoms with Crippen molar-refractivity contribution in [2.24, 2.45) is 0 Å². The summed E-state index contributed by atoms with van der Waals surface area (Å²) in [6, 6.07) is 8.71. The van der Waals surface area contributed by atoms with Crippen molar-refractivity contribution in [2.75, 3.05) is 18.6 Å². The highest BCUT2D eigenvalue weighted by Gasteiger charge is 2.28. The molecule has 0 fully saturated rings. The number of methoxy groups -OCH3 is 1. The summed E-state index contributed by atoms with van der Waals surface area (Å²) in [7, 11) is 1.35. The second-order valence-corrected chi connectivity index (χ2v) is 7.08. The second-order valence-electron chi connectivity index (χ2n) is 6.10. The second kappa shape index (κ2) is 7.70. The summed E-state index contributed by atoms with van der Waals surface area (Å²) < 4.78 is 4.74. The summed E-state index contributed by atoms with van der Waals surface area (Å²) in [6.07, 6.45) is 0.883. The van der Waals surface area contributed by atoms with Crippen LogP contribution in [0.2, 0.25) is 0 Å². The molecule has 1 N–H and O–H groups in total. The van der Waals surface area contributed by atoms with Crippen LogP contribution in [0.5, 0.6) is 0 Å². The lowest BCUT2D eigenvalue weighted by Crippen LogP contribution is -2.34. The Kier molecular flexibility index (Phi) is 5.37. The monoisotopic (exact) mass is 372 g/mol. The predicted molar refractivity (Wildman–Crippen MR) is 99.3 cm³/mol. The van der Waals surface area contributed by atoms with E-state index in [9.17, 15) is 14.4 Å². The molecule has 6 nitrogen and oxygen atoms in total. The van der Waals surface area contributed by atoms with E-state index in [1.165, 1.54) is 25.4 Å². The fourth-order valence-corrected chi connectivity index (χ4v) is 3.93. The number of hydrogen-bond donors (Lipinski definition) is 1. The molecule has 1 atom stereocenters. The van der Waals surface area contributed by atoms with Crippen LogP contribution < -0.4 is 10.2 Å². The zero-order valence-corrected chi connectivity index (χ0v) is 15.5. The summed E-state index contributed by atoms with van der Waals surface area (Å²) in [5.41, 5.74) is 2.25. The number of carbonyl (C=O) groups excluding carboxylic acids is 3. The molecule has 7 heteroatoms. The zero-order chi connectivity index (χ0) is 18.7. The Hall–Kier alpha value is -2.67. The van der Waals surface area contributed by atoms with Crippen molar-refractivity contribution in [1.29, 1.82) is 0 Å². The van der Waals surface area contributed by atoms with Crippen LogP contribution in [-0.2, 0) is 20.7 Å². The Labute approximate surface area is 155 Å². The predicted octanol–water partition coefficient (Wildman–Crippen LogP) is 2.69. The smallest absolute Gasteiger partial charge is 0.337 e. The van der Waals surface area contributed by atoms with Gasteiger partial charge in [0.15, 0.2) is 0 Å². The molecule has 3 rings (SSSR count). The summed E-state index contributed by atoms with van der Waals surface area (Å²) in [4.78, 5) is 38.7. The number of nitrogens with one attached hydrogen (secondary N) is 1. The number of rotatable bonds is 5. The standard InChI is InChI=1S/C19H20N2O4S/c1-12(22)20-15(17-4-3-9-26-17)11-18(23)21-8-7-13-10-14(19(24)25-2)5-6-16(13)21/h3-6,9-10,15H,7-8,11H2,1-2H3,(H,20,22). The van der Waals surface area contributed by atoms with Gasteiger partial charge in [-0.25, -0.2) is 4.79 Å². The molecule has 0 spiro atoms. The fourth-order valence-electron chi connectivity index (χ4n) is 3.15. The van der Waals surface area contributed by atoms with E-state index >= 15 is 0 Å². The highest BCUT2D eigenvalue weighted by molar-refractivity contribution is 7.10. The van der Waals surface area contributed by atoms with Gasteiger partial charge in [-0.3, -0.25) is 9.59 Å². The van der Waals surface area contributed by atoms with Crippen molar-refractivity contribution in [3.05, 3.63) is 51.7 Å². The lowest BCUT2D eigenvalue weighted by Gasteiger charge is -2.22. The molecule has 0 aliphatic carbocycles. The largest absolute Gasteiger partial charge is 0.465 e. The van der Waals surface area contributed by atoms with Gasteiger partial charge in [0.25, 0.3) is 0 Å². The Balaban J connectivity index is 1.77. The zero-order valence-electron chi connectivity index (χ0n) is 14.7. The summed E-state index contributed by atoms with van der Waals surface area (Å²) in [5.74, 6) is -0.608. The molecule has 0 radical (unpaired) electrons. The molecule has 0 saturated heterocycles. The van der Waals surface area contributed by atoms with Gasteiger partial charge in [0.1, 0.15) is 0 Å². The number of benzene rings is 1. The van der Waals surface area contributed by atoms with E-state index in [0.717, 1.165) is 16.1 Å². The Bertz CT molecular complexity index is 832. The highest BCUT2D eigenvalue weighted by Crippen LogP contribution is 2.31.